The van der Waals surface area contributed by atoms with E-state index < -0.39 is 11.7 Å². The number of hydrogen-bond donors (Lipinski definition) is 1. The second-order valence-electron chi connectivity index (χ2n) is 4.33. The summed E-state index contributed by atoms with van der Waals surface area (Å²) in [7, 11) is 1.53. The molecular formula is C13H13F3N2OS. The van der Waals surface area contributed by atoms with Crippen molar-refractivity contribution >= 4 is 11.8 Å². The zero-order valence-electron chi connectivity index (χ0n) is 11.1. The van der Waals surface area contributed by atoms with E-state index in [-0.39, 0.29) is 10.8 Å². The molecular weight excluding hydrogens is 289 g/mol. The second-order valence-corrected chi connectivity index (χ2v) is 5.18. The fraction of sp³-hybridized carbons (Fsp3) is 0.308. The fourth-order valence-electron chi connectivity index (χ4n) is 1.97. The third-order valence-electron chi connectivity index (χ3n) is 3.03. The molecule has 0 radical (unpaired) electrons. The monoisotopic (exact) mass is 302 g/mol. The van der Waals surface area contributed by atoms with E-state index in [2.05, 4.69) is 5.10 Å². The molecule has 0 amide bonds. The summed E-state index contributed by atoms with van der Waals surface area (Å²) in [4.78, 5) is 0.166. The van der Waals surface area contributed by atoms with Crippen LogP contribution in [0.2, 0.25) is 0 Å². The quantitative estimate of drug-likeness (QED) is 0.857. The summed E-state index contributed by atoms with van der Waals surface area (Å²) in [5.74, 6) is -0.0532. The third-order valence-corrected chi connectivity index (χ3v) is 3.82. The van der Waals surface area contributed by atoms with E-state index in [4.69, 9.17) is 0 Å². The SMILES string of the molecule is CSc1ccc(-c2nn(C)c(O)c2C)cc1C(F)(F)F. The predicted octanol–water partition coefficient (Wildman–Crippen LogP) is 3.84. The Morgan fingerprint density at radius 1 is 1.30 bits per heavy atom. The fourth-order valence-corrected chi connectivity index (χ4v) is 2.57. The van der Waals surface area contributed by atoms with Gasteiger partial charge in [-0.2, -0.15) is 18.3 Å². The minimum Gasteiger partial charge on any atom is -0.493 e. The molecule has 0 fully saturated rings. The summed E-state index contributed by atoms with van der Waals surface area (Å²) in [5, 5.41) is 13.7. The first-order valence-corrected chi connectivity index (χ1v) is 6.96. The maximum absolute atomic E-state index is 13.0. The molecule has 20 heavy (non-hydrogen) atoms. The van der Waals surface area contributed by atoms with Crippen LogP contribution >= 0.6 is 11.8 Å². The molecule has 0 saturated heterocycles. The molecule has 0 aliphatic heterocycles. The number of hydrogen-bond acceptors (Lipinski definition) is 3. The lowest BCUT2D eigenvalue weighted by atomic mass is 10.1. The van der Waals surface area contributed by atoms with Crippen molar-refractivity contribution in [3.8, 4) is 17.1 Å². The van der Waals surface area contributed by atoms with Gasteiger partial charge in [0.25, 0.3) is 0 Å². The van der Waals surface area contributed by atoms with Gasteiger partial charge in [0.15, 0.2) is 0 Å². The Morgan fingerprint density at radius 2 is 1.95 bits per heavy atom. The van der Waals surface area contributed by atoms with E-state index in [1.54, 1.807) is 19.2 Å². The lowest BCUT2D eigenvalue weighted by Crippen LogP contribution is -2.07. The minimum absolute atomic E-state index is 0.0532. The van der Waals surface area contributed by atoms with Crippen LogP contribution in [0.5, 0.6) is 5.88 Å². The van der Waals surface area contributed by atoms with Gasteiger partial charge in [0.05, 0.1) is 11.3 Å². The van der Waals surface area contributed by atoms with Crippen molar-refractivity contribution in [2.75, 3.05) is 6.26 Å². The number of aromatic hydroxyl groups is 1. The number of benzene rings is 1. The molecule has 0 spiro atoms. The average molecular weight is 302 g/mol. The van der Waals surface area contributed by atoms with Crippen LogP contribution in [0.25, 0.3) is 11.3 Å². The van der Waals surface area contributed by atoms with Gasteiger partial charge < -0.3 is 5.11 Å². The molecule has 0 saturated carbocycles. The van der Waals surface area contributed by atoms with Crippen molar-refractivity contribution < 1.29 is 18.3 Å². The van der Waals surface area contributed by atoms with E-state index in [0.717, 1.165) is 17.8 Å². The first-order chi connectivity index (χ1) is 9.25. The highest BCUT2D eigenvalue weighted by Gasteiger charge is 2.34. The van der Waals surface area contributed by atoms with Crippen LogP contribution in [0.1, 0.15) is 11.1 Å². The highest BCUT2D eigenvalue weighted by molar-refractivity contribution is 7.98. The summed E-state index contributed by atoms with van der Waals surface area (Å²) < 4.78 is 40.3. The normalized spacial score (nSPS) is 11.9. The van der Waals surface area contributed by atoms with Crippen molar-refractivity contribution in [1.29, 1.82) is 0 Å². The summed E-state index contributed by atoms with van der Waals surface area (Å²) in [6, 6.07) is 4.07. The van der Waals surface area contributed by atoms with E-state index in [0.29, 0.717) is 16.8 Å². The third kappa shape index (κ3) is 2.49. The summed E-state index contributed by atoms with van der Waals surface area (Å²) >= 11 is 1.04. The Kier molecular flexibility index (Phi) is 3.73. The Balaban J connectivity index is 2.62. The smallest absolute Gasteiger partial charge is 0.417 e. The first-order valence-electron chi connectivity index (χ1n) is 5.74. The lowest BCUT2D eigenvalue weighted by molar-refractivity contribution is -0.139. The minimum atomic E-state index is -4.42. The van der Waals surface area contributed by atoms with Gasteiger partial charge in [-0.25, -0.2) is 4.68 Å². The van der Waals surface area contributed by atoms with Gasteiger partial charge in [-0.05, 0) is 25.3 Å². The molecule has 108 valence electrons. The van der Waals surface area contributed by atoms with Gasteiger partial charge >= 0.3 is 6.18 Å². The van der Waals surface area contributed by atoms with Crippen LogP contribution in [0, 0.1) is 6.92 Å². The average Bonchev–Trinajstić information content (AvgIpc) is 2.65. The Labute approximate surface area is 118 Å². The molecule has 2 rings (SSSR count). The van der Waals surface area contributed by atoms with Crippen molar-refractivity contribution in [3.63, 3.8) is 0 Å². The van der Waals surface area contributed by atoms with Gasteiger partial charge in [0.2, 0.25) is 5.88 Å². The Bertz CT molecular complexity index is 650. The van der Waals surface area contributed by atoms with Gasteiger partial charge in [-0.15, -0.1) is 11.8 Å². The van der Waals surface area contributed by atoms with Crippen LogP contribution in [-0.2, 0) is 13.2 Å². The number of halogens is 3. The highest BCUT2D eigenvalue weighted by atomic mass is 32.2. The van der Waals surface area contributed by atoms with Gasteiger partial charge in [-0.1, -0.05) is 6.07 Å². The topological polar surface area (TPSA) is 38.0 Å². The van der Waals surface area contributed by atoms with Crippen molar-refractivity contribution in [1.82, 2.24) is 9.78 Å². The standard InChI is InChI=1S/C13H13F3N2OS/c1-7-11(17-18(2)12(7)19)8-4-5-10(20-3)9(6-8)13(14,15)16/h4-6,19H,1-3H3. The molecule has 7 heteroatoms. The second kappa shape index (κ2) is 5.05. The van der Waals surface area contributed by atoms with E-state index >= 15 is 0 Å². The lowest BCUT2D eigenvalue weighted by Gasteiger charge is -2.12. The Hall–Kier alpha value is -1.63. The van der Waals surface area contributed by atoms with Crippen LogP contribution in [-0.4, -0.2) is 21.1 Å². The summed E-state index contributed by atoms with van der Waals surface area (Å²) in [6.45, 7) is 1.62. The van der Waals surface area contributed by atoms with E-state index in [9.17, 15) is 18.3 Å². The predicted molar refractivity (Wildman–Crippen MR) is 71.8 cm³/mol. The molecule has 0 atom stereocenters. The largest absolute Gasteiger partial charge is 0.493 e. The van der Waals surface area contributed by atoms with E-state index in [1.165, 1.54) is 17.8 Å². The molecule has 1 heterocycles. The molecule has 1 N–H and O–H groups in total. The van der Waals surface area contributed by atoms with E-state index in [1.807, 2.05) is 0 Å². The highest BCUT2D eigenvalue weighted by Crippen LogP contribution is 2.39. The molecule has 2 aromatic rings. The van der Waals surface area contributed by atoms with Crippen molar-refractivity contribution in [2.45, 2.75) is 18.0 Å². The van der Waals surface area contributed by atoms with Crippen LogP contribution in [0.4, 0.5) is 13.2 Å². The van der Waals surface area contributed by atoms with Crippen LogP contribution in [0.3, 0.4) is 0 Å². The Morgan fingerprint density at radius 3 is 2.40 bits per heavy atom. The number of alkyl halides is 3. The molecule has 1 aromatic heterocycles. The summed E-state index contributed by atoms with van der Waals surface area (Å²) in [5.41, 5.74) is 0.455. The molecule has 0 unspecified atom stereocenters. The zero-order chi connectivity index (χ0) is 15.1. The maximum atomic E-state index is 13.0. The molecule has 0 aliphatic carbocycles. The number of aryl methyl sites for hydroxylation is 1. The molecule has 0 bridgehead atoms. The van der Waals surface area contributed by atoms with Crippen LogP contribution in [0.15, 0.2) is 23.1 Å². The first kappa shape index (κ1) is 14.8. The van der Waals surface area contributed by atoms with Gasteiger partial charge in [-0.3, -0.25) is 0 Å². The van der Waals surface area contributed by atoms with Crippen LogP contribution < -0.4 is 0 Å². The summed E-state index contributed by atoms with van der Waals surface area (Å²) in [6.07, 6.45) is -2.82. The van der Waals surface area contributed by atoms with Gasteiger partial charge in [0.1, 0.15) is 0 Å². The van der Waals surface area contributed by atoms with Crippen molar-refractivity contribution in [3.05, 3.63) is 29.3 Å². The van der Waals surface area contributed by atoms with Gasteiger partial charge in [0, 0.05) is 23.1 Å². The molecule has 3 nitrogen and oxygen atoms in total. The number of rotatable bonds is 2. The number of nitrogens with zero attached hydrogens (tertiary/aromatic N) is 2. The molecule has 0 aliphatic rings. The zero-order valence-corrected chi connectivity index (χ0v) is 11.9. The maximum Gasteiger partial charge on any atom is 0.417 e. The molecule has 1 aromatic carbocycles. The number of thioether (sulfide) groups is 1. The van der Waals surface area contributed by atoms with Crippen molar-refractivity contribution in [2.24, 2.45) is 7.05 Å². The number of aromatic nitrogens is 2.